The molecule has 1 aliphatic rings. The van der Waals surface area contributed by atoms with Gasteiger partial charge in [0.2, 0.25) is 15.9 Å². The van der Waals surface area contributed by atoms with Crippen LogP contribution >= 0.6 is 12.0 Å². The zero-order chi connectivity index (χ0) is 69.7. The number of carboxylic acids is 1. The van der Waals surface area contributed by atoms with Crippen molar-refractivity contribution >= 4 is 90.5 Å². The van der Waals surface area contributed by atoms with Gasteiger partial charge in [-0.1, -0.05) is 29.3 Å². The number of carboxylic acid groups (broad SMARTS) is 1. The van der Waals surface area contributed by atoms with Gasteiger partial charge in [-0.2, -0.15) is 9.82 Å². The van der Waals surface area contributed by atoms with E-state index in [1.54, 1.807) is 109 Å². The predicted octanol–water partition coefficient (Wildman–Crippen LogP) is 2.20. The highest BCUT2D eigenvalue weighted by Crippen LogP contribution is 2.24. The lowest BCUT2D eigenvalue weighted by Crippen LogP contribution is -2.55. The first-order valence-electron chi connectivity index (χ1n) is 30.3. The van der Waals surface area contributed by atoms with Crippen LogP contribution in [0.25, 0.3) is 22.0 Å². The highest BCUT2D eigenvalue weighted by Gasteiger charge is 2.30. The number of amides is 3. The molecule has 6 rings (SSSR count). The molecule has 0 aliphatic carbocycles. The third kappa shape index (κ3) is 26.5. The van der Waals surface area contributed by atoms with E-state index in [2.05, 4.69) is 50.5 Å². The fraction of sp³-hybridized carbons (Fsp3) is 0.517. The normalized spacial score (nSPS) is 15.3. The number of H-pyrrole nitrogens is 1. The molecule has 0 spiro atoms. The van der Waals surface area contributed by atoms with Crippen molar-refractivity contribution in [2.45, 2.75) is 114 Å². The van der Waals surface area contributed by atoms with Gasteiger partial charge in [0.1, 0.15) is 28.9 Å². The summed E-state index contributed by atoms with van der Waals surface area (Å²) >= 11 is 0.407. The predicted molar refractivity (Wildman–Crippen MR) is 348 cm³/mol. The maximum Gasteiger partial charge on any atom is 0.323 e. The van der Waals surface area contributed by atoms with E-state index in [9.17, 15) is 55.5 Å². The SMILES string of the molecule is CC(C)(C)OC(=O)CN1CCN(CC(=O)N[C@@H](CSOOO)C(=O)NNS(=O)(=O)c2ccc(-c3ccc(S(=O)(=O)N[C@@H](CNC(=O)c4ccc5c(cnn5CCCNc5ncc[nH]5)c4)C(=O)O)cc3)cc2)CCN(CC(=O)OC(C)(C)C)CCN(CC(=O)OC(C)(C)C)CC1. The Morgan fingerprint density at radius 3 is 1.62 bits per heavy atom. The Hall–Kier alpha value is -7.68. The molecule has 35 heteroatoms. The number of carbonyl (C=O) groups is 7. The third-order valence-corrected chi connectivity index (χ3v) is 17.2. The summed E-state index contributed by atoms with van der Waals surface area (Å²) in [5, 5.41) is 35.8. The van der Waals surface area contributed by atoms with Gasteiger partial charge in [-0.3, -0.25) is 63.3 Å². The van der Waals surface area contributed by atoms with Gasteiger partial charge >= 0.3 is 23.9 Å². The summed E-state index contributed by atoms with van der Waals surface area (Å²) in [6, 6.07) is 12.0. The quantitative estimate of drug-likeness (QED) is 0.00794. The Morgan fingerprint density at radius 1 is 0.663 bits per heavy atom. The smallest absolute Gasteiger partial charge is 0.323 e. The molecule has 0 saturated carbocycles. The minimum Gasteiger partial charge on any atom is -0.480 e. The van der Waals surface area contributed by atoms with E-state index in [4.69, 9.17) is 19.5 Å². The van der Waals surface area contributed by atoms with Gasteiger partial charge in [0.05, 0.1) is 53.4 Å². The number of esters is 3. The Labute approximate surface area is 555 Å². The Morgan fingerprint density at radius 2 is 1.16 bits per heavy atom. The van der Waals surface area contributed by atoms with Crippen LogP contribution < -0.4 is 30.9 Å². The van der Waals surface area contributed by atoms with Crippen LogP contribution in [-0.4, -0.2) is 234 Å². The second-order valence-electron chi connectivity index (χ2n) is 25.1. The molecule has 0 radical (unpaired) electrons. The number of aromatic amines is 1. The van der Waals surface area contributed by atoms with Gasteiger partial charge in [-0.25, -0.2) is 27.1 Å². The summed E-state index contributed by atoms with van der Waals surface area (Å²) in [5.41, 5.74) is 1.60. The number of rotatable bonds is 30. The molecule has 2 aromatic heterocycles. The number of benzene rings is 3. The van der Waals surface area contributed by atoms with Crippen LogP contribution in [0.1, 0.15) is 79.1 Å². The maximum atomic E-state index is 14.0. The second-order valence-corrected chi connectivity index (χ2v) is 29.2. The molecule has 95 heavy (non-hydrogen) atoms. The molecule has 9 N–H and O–H groups in total. The molecular formula is C60H86N14O18S3. The van der Waals surface area contributed by atoms with Crippen molar-refractivity contribution in [1.82, 2.24) is 65.0 Å². The lowest BCUT2D eigenvalue weighted by molar-refractivity contribution is -0.432. The van der Waals surface area contributed by atoms with E-state index in [0.29, 0.717) is 60.7 Å². The summed E-state index contributed by atoms with van der Waals surface area (Å²) in [5.74, 6) is -5.21. The fourth-order valence-electron chi connectivity index (χ4n) is 9.48. The lowest BCUT2D eigenvalue weighted by atomic mass is 10.1. The van der Waals surface area contributed by atoms with E-state index in [-0.39, 0.29) is 80.8 Å². The highest BCUT2D eigenvalue weighted by atomic mass is 32.2. The van der Waals surface area contributed by atoms with Crippen molar-refractivity contribution < 1.29 is 84.3 Å². The van der Waals surface area contributed by atoms with Gasteiger partial charge in [-0.15, -0.1) is 9.16 Å². The number of carbonyl (C=O) groups excluding carboxylic acids is 6. The minimum atomic E-state index is -4.51. The summed E-state index contributed by atoms with van der Waals surface area (Å²) in [4.78, 5) is 108. The first-order valence-corrected chi connectivity index (χ1v) is 34.2. The maximum absolute atomic E-state index is 14.0. The fourth-order valence-corrected chi connectivity index (χ4v) is 12.0. The van der Waals surface area contributed by atoms with E-state index in [0.717, 1.165) is 11.9 Å². The number of fused-ring (bicyclic) bond motifs is 1. The van der Waals surface area contributed by atoms with Crippen LogP contribution in [0.2, 0.25) is 0 Å². The average molecular weight is 1390 g/mol. The van der Waals surface area contributed by atoms with Crippen molar-refractivity contribution in [3.63, 3.8) is 0 Å². The number of imidazole rings is 1. The summed E-state index contributed by atoms with van der Waals surface area (Å²) < 4.78 is 79.4. The summed E-state index contributed by atoms with van der Waals surface area (Å²) in [6.07, 6.45) is 5.68. The Bertz CT molecular complexity index is 3570. The zero-order valence-corrected chi connectivity index (χ0v) is 57.0. The van der Waals surface area contributed by atoms with Crippen LogP contribution in [0, 0.1) is 0 Å². The summed E-state index contributed by atoms with van der Waals surface area (Å²) in [6.45, 7) is 17.5. The van der Waals surface area contributed by atoms with E-state index in [1.807, 2.05) is 19.5 Å². The van der Waals surface area contributed by atoms with E-state index >= 15 is 0 Å². The van der Waals surface area contributed by atoms with Crippen LogP contribution in [-0.2, 0) is 78.9 Å². The molecule has 3 heterocycles. The second kappa shape index (κ2) is 34.8. The number of nitrogens with one attached hydrogen (secondary N) is 7. The number of sulfonamides is 2. The molecule has 32 nitrogen and oxygen atoms in total. The highest BCUT2D eigenvalue weighted by molar-refractivity contribution is 7.94. The molecule has 1 saturated heterocycles. The molecule has 5 aromatic rings. The molecule has 3 aromatic carbocycles. The topological polar surface area (TPSA) is 406 Å². The third-order valence-electron chi connectivity index (χ3n) is 13.9. The zero-order valence-electron chi connectivity index (χ0n) is 54.5. The van der Waals surface area contributed by atoms with Crippen LogP contribution in [0.3, 0.4) is 0 Å². The molecule has 522 valence electrons. The average Bonchev–Trinajstić information content (AvgIpc) is 1.81. The van der Waals surface area contributed by atoms with Crippen molar-refractivity contribution in [2.75, 3.05) is 103 Å². The van der Waals surface area contributed by atoms with Crippen LogP contribution in [0.5, 0.6) is 0 Å². The largest absolute Gasteiger partial charge is 0.480 e. The van der Waals surface area contributed by atoms with E-state index < -0.39 is 103 Å². The number of aromatic nitrogens is 4. The monoisotopic (exact) mass is 1390 g/mol. The Balaban J connectivity index is 1.06. The minimum absolute atomic E-state index is 0.0738. The Kier molecular flexibility index (Phi) is 28.0. The molecular weight excluding hydrogens is 1300 g/mol. The molecule has 2 atom stereocenters. The van der Waals surface area contributed by atoms with E-state index in [1.165, 1.54) is 48.5 Å². The van der Waals surface area contributed by atoms with Gasteiger partial charge in [0.15, 0.2) is 5.95 Å². The lowest BCUT2D eigenvalue weighted by Gasteiger charge is -2.34. The first-order chi connectivity index (χ1) is 44.6. The number of ether oxygens (including phenoxy) is 3. The van der Waals surface area contributed by atoms with Crippen molar-refractivity contribution in [1.29, 1.82) is 0 Å². The number of anilines is 1. The molecule has 1 fully saturated rings. The molecule has 1 aliphatic heterocycles. The standard InChI is InChI=1S/C60H86N14O18S3/c1-58(2,3)88-51(76)37-71-27-25-70(26-28-72(38-52(77)89-59(4,5)6)30-32-73(31-29-71)39-53(78)90-60(7,8)9)36-50(75)66-48(40-93-92-91-83)55(80)67-69-95(86,87)46-18-13-42(14-19-46)41-11-16-45(17-12-41)94(84,85)68-47(56(81)82)35-64-54(79)43-15-20-49-44(33-43)34-65-74(49)24-10-21-61-57-62-22-23-63-57/h11-20,22-23,33-34,47-48,68-69,83H,10,21,24-32,35-40H2,1-9H3,(H,64,79)(H,66,75)(H,67,80)(H,81,82)(H2,61,62,63)/t47-,48-/m0/s1. The number of hydrogen-bond donors (Lipinski definition) is 9. The first kappa shape index (κ1) is 76.3. The van der Waals surface area contributed by atoms with Gasteiger partial charge < -0.3 is 40.3 Å². The van der Waals surface area contributed by atoms with Crippen molar-refractivity contribution in [3.8, 4) is 11.1 Å². The number of aliphatic carboxylic acids is 1. The number of hydrogen-bond acceptors (Lipinski definition) is 25. The molecule has 3 amide bonds. The van der Waals surface area contributed by atoms with Gasteiger partial charge in [0.25, 0.3) is 21.8 Å². The van der Waals surface area contributed by atoms with Crippen molar-refractivity contribution in [2.24, 2.45) is 0 Å². The van der Waals surface area contributed by atoms with Crippen molar-refractivity contribution in [3.05, 3.63) is 90.9 Å². The number of nitrogens with zero attached hydrogens (tertiary/aromatic N) is 7. The summed E-state index contributed by atoms with van der Waals surface area (Å²) in [7, 11) is -8.99. The van der Waals surface area contributed by atoms with Crippen LogP contribution in [0.4, 0.5) is 5.95 Å². The number of hydrazine groups is 1. The van der Waals surface area contributed by atoms with Gasteiger partial charge in [0, 0.05) is 107 Å². The van der Waals surface area contributed by atoms with Gasteiger partial charge in [-0.05, 0) is 122 Å². The number of aryl methyl sites for hydroxylation is 1. The molecule has 0 unspecified atom stereocenters. The van der Waals surface area contributed by atoms with Crippen LogP contribution in [0.15, 0.2) is 95.1 Å². The molecule has 0 bridgehead atoms.